The molecule has 0 atom stereocenters. The van der Waals surface area contributed by atoms with Gasteiger partial charge in [-0.2, -0.15) is 0 Å². The third-order valence-corrected chi connectivity index (χ3v) is 4.30. The fourth-order valence-corrected chi connectivity index (χ4v) is 3.04. The van der Waals surface area contributed by atoms with Gasteiger partial charge in [-0.3, -0.25) is 9.78 Å². The number of ether oxygens (including phenoxy) is 1. The lowest BCUT2D eigenvalue weighted by Crippen LogP contribution is -2.40. The van der Waals surface area contributed by atoms with Crippen molar-refractivity contribution >= 4 is 5.95 Å². The molecule has 0 spiro atoms. The van der Waals surface area contributed by atoms with E-state index >= 15 is 0 Å². The van der Waals surface area contributed by atoms with Gasteiger partial charge in [-0.1, -0.05) is 30.3 Å². The Balaban J connectivity index is 1.83. The van der Waals surface area contributed by atoms with Crippen LogP contribution < -0.4 is 10.9 Å². The fourth-order valence-electron chi connectivity index (χ4n) is 3.04. The molecule has 0 unspecified atom stereocenters. The predicted molar refractivity (Wildman–Crippen MR) is 86.3 cm³/mol. The Labute approximate surface area is 129 Å². The molecule has 1 fully saturated rings. The van der Waals surface area contributed by atoms with E-state index in [1.54, 1.807) is 0 Å². The number of nitrogens with zero attached hydrogens (tertiary/aromatic N) is 1. The molecule has 1 aromatic carbocycles. The van der Waals surface area contributed by atoms with E-state index in [1.165, 1.54) is 11.6 Å². The second-order valence-corrected chi connectivity index (χ2v) is 5.85. The Morgan fingerprint density at radius 1 is 1.27 bits per heavy atom. The van der Waals surface area contributed by atoms with Gasteiger partial charge < -0.3 is 10.1 Å². The standard InChI is InChI=1S/C17H21N3O2/c1-13-11-15(21)20-16(19-13)18-12-17(7-9-22-10-8-17)14-5-3-2-4-6-14/h2-6,11H,7-10,12H2,1H3,(H2,18,19,20,21). The number of benzene rings is 1. The van der Waals surface area contributed by atoms with Gasteiger partial charge in [0.05, 0.1) is 0 Å². The van der Waals surface area contributed by atoms with Crippen LogP contribution >= 0.6 is 0 Å². The second-order valence-electron chi connectivity index (χ2n) is 5.85. The molecule has 1 aromatic heterocycles. The van der Waals surface area contributed by atoms with Crippen molar-refractivity contribution in [3.05, 3.63) is 58.0 Å². The highest BCUT2D eigenvalue weighted by atomic mass is 16.5. The molecule has 1 saturated heterocycles. The van der Waals surface area contributed by atoms with E-state index in [-0.39, 0.29) is 11.0 Å². The van der Waals surface area contributed by atoms with E-state index < -0.39 is 0 Å². The van der Waals surface area contributed by atoms with Crippen molar-refractivity contribution in [2.24, 2.45) is 0 Å². The summed E-state index contributed by atoms with van der Waals surface area (Å²) in [5, 5.41) is 3.31. The molecule has 1 aliphatic heterocycles. The zero-order chi connectivity index (χ0) is 15.4. The molecule has 3 rings (SSSR count). The molecule has 116 valence electrons. The molecule has 5 nitrogen and oxygen atoms in total. The maximum absolute atomic E-state index is 11.6. The largest absolute Gasteiger partial charge is 0.381 e. The summed E-state index contributed by atoms with van der Waals surface area (Å²) in [6.45, 7) is 4.07. The molecule has 0 amide bonds. The molecular weight excluding hydrogens is 278 g/mol. The zero-order valence-electron chi connectivity index (χ0n) is 12.8. The highest BCUT2D eigenvalue weighted by Crippen LogP contribution is 2.34. The van der Waals surface area contributed by atoms with Gasteiger partial charge in [0.15, 0.2) is 0 Å². The van der Waals surface area contributed by atoms with Crippen LogP contribution in [0.5, 0.6) is 0 Å². The normalized spacial score (nSPS) is 17.1. The van der Waals surface area contributed by atoms with E-state index in [0.29, 0.717) is 11.6 Å². The summed E-state index contributed by atoms with van der Waals surface area (Å²) in [5.74, 6) is 0.534. The van der Waals surface area contributed by atoms with Gasteiger partial charge in [-0.05, 0) is 25.3 Å². The van der Waals surface area contributed by atoms with Crippen molar-refractivity contribution in [3.8, 4) is 0 Å². The number of hydrogen-bond acceptors (Lipinski definition) is 4. The molecule has 22 heavy (non-hydrogen) atoms. The van der Waals surface area contributed by atoms with Gasteiger partial charge in [-0.15, -0.1) is 0 Å². The molecular formula is C17H21N3O2. The van der Waals surface area contributed by atoms with E-state index in [9.17, 15) is 4.79 Å². The number of anilines is 1. The van der Waals surface area contributed by atoms with Gasteiger partial charge in [0.2, 0.25) is 5.95 Å². The summed E-state index contributed by atoms with van der Waals surface area (Å²) in [7, 11) is 0. The van der Waals surface area contributed by atoms with Crippen LogP contribution in [0.15, 0.2) is 41.2 Å². The van der Waals surface area contributed by atoms with E-state index in [0.717, 1.165) is 32.6 Å². The quantitative estimate of drug-likeness (QED) is 0.908. The number of aryl methyl sites for hydroxylation is 1. The monoisotopic (exact) mass is 299 g/mol. The number of rotatable bonds is 4. The second kappa shape index (κ2) is 6.32. The van der Waals surface area contributed by atoms with Crippen molar-refractivity contribution in [2.45, 2.75) is 25.2 Å². The van der Waals surface area contributed by atoms with Gasteiger partial charge in [0.25, 0.3) is 5.56 Å². The SMILES string of the molecule is Cc1cc(=O)[nH]c(NCC2(c3ccccc3)CCOCC2)n1. The first-order valence-electron chi connectivity index (χ1n) is 7.63. The lowest BCUT2D eigenvalue weighted by molar-refractivity contribution is 0.0543. The van der Waals surface area contributed by atoms with Crippen LogP contribution in [0.3, 0.4) is 0 Å². The molecule has 0 bridgehead atoms. The highest BCUT2D eigenvalue weighted by Gasteiger charge is 2.34. The van der Waals surface area contributed by atoms with Crippen LogP contribution in [-0.2, 0) is 10.2 Å². The Morgan fingerprint density at radius 2 is 2.00 bits per heavy atom. The molecule has 0 radical (unpaired) electrons. The van der Waals surface area contributed by atoms with Crippen LogP contribution in [0.25, 0.3) is 0 Å². The first-order valence-corrected chi connectivity index (χ1v) is 7.63. The van der Waals surface area contributed by atoms with Gasteiger partial charge in [-0.25, -0.2) is 4.98 Å². The molecule has 2 heterocycles. The Bertz CT molecular complexity index is 676. The van der Waals surface area contributed by atoms with Crippen LogP contribution in [0.2, 0.25) is 0 Å². The smallest absolute Gasteiger partial charge is 0.252 e. The highest BCUT2D eigenvalue weighted by molar-refractivity contribution is 5.32. The first-order chi connectivity index (χ1) is 10.7. The maximum atomic E-state index is 11.6. The van der Waals surface area contributed by atoms with Crippen molar-refractivity contribution in [1.82, 2.24) is 9.97 Å². The maximum Gasteiger partial charge on any atom is 0.252 e. The number of aromatic amines is 1. The lowest BCUT2D eigenvalue weighted by atomic mass is 9.74. The van der Waals surface area contributed by atoms with Gasteiger partial charge in [0, 0.05) is 36.9 Å². The minimum absolute atomic E-state index is 0.0157. The Hall–Kier alpha value is -2.14. The first kappa shape index (κ1) is 14.8. The van der Waals surface area contributed by atoms with Gasteiger partial charge >= 0.3 is 0 Å². The van der Waals surface area contributed by atoms with Crippen molar-refractivity contribution < 1.29 is 4.74 Å². The minimum atomic E-state index is -0.129. The molecule has 2 aromatic rings. The lowest BCUT2D eigenvalue weighted by Gasteiger charge is -2.38. The number of aromatic nitrogens is 2. The summed E-state index contributed by atoms with van der Waals surface area (Å²) >= 11 is 0. The third-order valence-electron chi connectivity index (χ3n) is 4.30. The Kier molecular flexibility index (Phi) is 4.24. The number of nitrogens with one attached hydrogen (secondary N) is 2. The number of H-pyrrole nitrogens is 1. The average molecular weight is 299 g/mol. The Morgan fingerprint density at radius 3 is 2.68 bits per heavy atom. The fraction of sp³-hybridized carbons (Fsp3) is 0.412. The zero-order valence-corrected chi connectivity index (χ0v) is 12.8. The summed E-state index contributed by atoms with van der Waals surface area (Å²) in [6.07, 6.45) is 1.92. The van der Waals surface area contributed by atoms with Gasteiger partial charge in [0.1, 0.15) is 0 Å². The third kappa shape index (κ3) is 3.20. The van der Waals surface area contributed by atoms with Crippen molar-refractivity contribution in [3.63, 3.8) is 0 Å². The molecule has 0 saturated carbocycles. The van der Waals surface area contributed by atoms with Crippen LogP contribution in [0, 0.1) is 6.92 Å². The van der Waals surface area contributed by atoms with Crippen LogP contribution in [0.4, 0.5) is 5.95 Å². The minimum Gasteiger partial charge on any atom is -0.381 e. The summed E-state index contributed by atoms with van der Waals surface area (Å²) in [5.41, 5.74) is 1.91. The summed E-state index contributed by atoms with van der Waals surface area (Å²) in [4.78, 5) is 18.6. The van der Waals surface area contributed by atoms with Crippen LogP contribution in [-0.4, -0.2) is 29.7 Å². The molecule has 2 N–H and O–H groups in total. The molecule has 1 aliphatic rings. The van der Waals surface area contributed by atoms with Crippen LogP contribution in [0.1, 0.15) is 24.1 Å². The molecule has 0 aliphatic carbocycles. The van der Waals surface area contributed by atoms with E-state index in [4.69, 9.17) is 4.74 Å². The van der Waals surface area contributed by atoms with E-state index in [1.807, 2.05) is 13.0 Å². The average Bonchev–Trinajstić information content (AvgIpc) is 2.54. The summed E-state index contributed by atoms with van der Waals surface area (Å²) < 4.78 is 5.54. The summed E-state index contributed by atoms with van der Waals surface area (Å²) in [6, 6.07) is 12.0. The number of hydrogen-bond donors (Lipinski definition) is 2. The predicted octanol–water partition coefficient (Wildman–Crippen LogP) is 2.24. The topological polar surface area (TPSA) is 67.0 Å². The molecule has 5 heteroatoms. The van der Waals surface area contributed by atoms with E-state index in [2.05, 4.69) is 39.6 Å². The van der Waals surface area contributed by atoms with Crippen molar-refractivity contribution in [2.75, 3.05) is 25.1 Å². The van der Waals surface area contributed by atoms with Crippen molar-refractivity contribution in [1.29, 1.82) is 0 Å².